The van der Waals surface area contributed by atoms with Gasteiger partial charge in [-0.15, -0.1) is 0 Å². The van der Waals surface area contributed by atoms with E-state index in [1.165, 1.54) is 9.80 Å². The first-order valence-electron chi connectivity index (χ1n) is 17.8. The normalized spacial score (nSPS) is 18.0. The van der Waals surface area contributed by atoms with E-state index in [9.17, 15) is 33.6 Å². The van der Waals surface area contributed by atoms with E-state index >= 15 is 0 Å². The van der Waals surface area contributed by atoms with Crippen molar-refractivity contribution >= 4 is 41.4 Å². The Kier molecular flexibility index (Phi) is 15.7. The van der Waals surface area contributed by atoms with Crippen LogP contribution in [0.3, 0.4) is 0 Å². The number of amides is 6. The summed E-state index contributed by atoms with van der Waals surface area (Å²) in [5.41, 5.74) is 0.555. The minimum absolute atomic E-state index is 0.0913. The molecule has 1 saturated carbocycles. The van der Waals surface area contributed by atoms with E-state index in [-0.39, 0.29) is 36.7 Å². The van der Waals surface area contributed by atoms with Crippen LogP contribution in [0.25, 0.3) is 0 Å². The second kappa shape index (κ2) is 19.6. The van der Waals surface area contributed by atoms with Crippen LogP contribution in [0.5, 0.6) is 0 Å². The Hall–Kier alpha value is -4.49. The van der Waals surface area contributed by atoms with Crippen LogP contribution in [0, 0.1) is 11.8 Å². The highest BCUT2D eigenvalue weighted by Gasteiger charge is 2.42. The number of likely N-dealkylation sites (N-methyl/N-ethyl adjacent to an activating group) is 1. The molecule has 1 heterocycles. The van der Waals surface area contributed by atoms with Gasteiger partial charge >= 0.3 is 6.09 Å². The standard InChI is InChI=1S/C36H54N6O8/c1-6-14-26(31(44)33(46)37-21-28(43)39-29(34(47)41(4)5)24-15-9-7-10-16-24)38-32(45)27-19-13-20-42(27)35(48)30(25-17-11-8-12-18-25)40-36(49)50-22-23(2)3/h7,9-10,15-16,23,25-27,29-30H,6,8,11-14,17-22H2,1-5H3,(H,37,46)(H,38,45)(H,39,43)(H,40,49)/t26?,27-,29-,30-/m0/s1. The molecule has 1 saturated heterocycles. The first-order valence-corrected chi connectivity index (χ1v) is 17.8. The highest BCUT2D eigenvalue weighted by molar-refractivity contribution is 6.38. The van der Waals surface area contributed by atoms with E-state index < -0.39 is 60.3 Å². The SMILES string of the molecule is CCCC(NC(=O)[C@@H]1CCCN1C(=O)[C@@H](NC(=O)OCC(C)C)C1CCCCC1)C(=O)C(=O)NCC(=O)N[C@H](C(=O)N(C)C)c1ccccc1. The van der Waals surface area contributed by atoms with Crippen LogP contribution in [-0.2, 0) is 33.5 Å². The number of rotatable bonds is 16. The lowest BCUT2D eigenvalue weighted by atomic mass is 9.83. The molecule has 50 heavy (non-hydrogen) atoms. The van der Waals surface area contributed by atoms with Crippen LogP contribution in [0.1, 0.15) is 90.2 Å². The fraction of sp³-hybridized carbons (Fsp3) is 0.639. The summed E-state index contributed by atoms with van der Waals surface area (Å²) in [7, 11) is 3.12. The lowest BCUT2D eigenvalue weighted by Gasteiger charge is -2.34. The third kappa shape index (κ3) is 11.5. The predicted molar refractivity (Wildman–Crippen MR) is 185 cm³/mol. The van der Waals surface area contributed by atoms with Crippen molar-refractivity contribution in [2.24, 2.45) is 11.8 Å². The topological polar surface area (TPSA) is 183 Å². The van der Waals surface area contributed by atoms with Crippen LogP contribution >= 0.6 is 0 Å². The number of alkyl carbamates (subject to hydrolysis) is 1. The largest absolute Gasteiger partial charge is 0.449 e. The van der Waals surface area contributed by atoms with E-state index in [4.69, 9.17) is 4.74 Å². The maximum atomic E-state index is 14.0. The Morgan fingerprint density at radius 2 is 1.58 bits per heavy atom. The molecule has 4 N–H and O–H groups in total. The first-order chi connectivity index (χ1) is 23.8. The Labute approximate surface area is 294 Å². The van der Waals surface area contributed by atoms with E-state index in [2.05, 4.69) is 21.3 Å². The van der Waals surface area contributed by atoms with Gasteiger partial charge in [-0.3, -0.25) is 28.8 Å². The van der Waals surface area contributed by atoms with Gasteiger partial charge in [-0.05, 0) is 49.5 Å². The third-order valence-electron chi connectivity index (χ3n) is 9.02. The summed E-state index contributed by atoms with van der Waals surface area (Å²) < 4.78 is 5.32. The van der Waals surface area contributed by atoms with E-state index in [0.717, 1.165) is 32.1 Å². The molecule has 4 atom stereocenters. The summed E-state index contributed by atoms with van der Waals surface area (Å²) in [6.45, 7) is 5.58. The number of nitrogens with zero attached hydrogens (tertiary/aromatic N) is 2. The second-order valence-electron chi connectivity index (χ2n) is 13.7. The average Bonchev–Trinajstić information content (AvgIpc) is 3.61. The summed E-state index contributed by atoms with van der Waals surface area (Å²) in [5, 5.41) is 10.4. The molecule has 2 fully saturated rings. The van der Waals surface area contributed by atoms with Crippen LogP contribution in [0.4, 0.5) is 4.79 Å². The predicted octanol–water partition coefficient (Wildman–Crippen LogP) is 2.22. The molecule has 1 unspecified atom stereocenters. The molecule has 276 valence electrons. The van der Waals surface area contributed by atoms with Gasteiger partial charge in [-0.25, -0.2) is 4.79 Å². The molecule has 1 aliphatic heterocycles. The van der Waals surface area contributed by atoms with E-state index in [1.54, 1.807) is 51.4 Å². The Balaban J connectivity index is 1.64. The molecule has 1 aliphatic carbocycles. The minimum Gasteiger partial charge on any atom is -0.449 e. The molecule has 0 aromatic heterocycles. The molecule has 0 radical (unpaired) electrons. The number of carbonyl (C=O) groups excluding carboxylic acids is 7. The van der Waals surface area contributed by atoms with Crippen molar-refractivity contribution in [2.75, 3.05) is 33.8 Å². The number of nitrogens with one attached hydrogen (secondary N) is 4. The monoisotopic (exact) mass is 698 g/mol. The van der Waals surface area contributed by atoms with Crippen molar-refractivity contribution < 1.29 is 38.3 Å². The van der Waals surface area contributed by atoms with Crippen molar-refractivity contribution in [1.82, 2.24) is 31.1 Å². The third-order valence-corrected chi connectivity index (χ3v) is 9.02. The molecule has 1 aromatic rings. The molecule has 14 heteroatoms. The maximum Gasteiger partial charge on any atom is 0.407 e. The van der Waals surface area contributed by atoms with Gasteiger partial charge in [-0.1, -0.05) is 76.8 Å². The number of carbonyl (C=O) groups is 7. The average molecular weight is 699 g/mol. The van der Waals surface area contributed by atoms with Gasteiger partial charge in [0.25, 0.3) is 5.91 Å². The fourth-order valence-electron chi connectivity index (χ4n) is 6.38. The summed E-state index contributed by atoms with van der Waals surface area (Å²) >= 11 is 0. The first kappa shape index (κ1) is 39.9. The molecule has 2 aliphatic rings. The van der Waals surface area contributed by atoms with E-state index in [1.807, 2.05) is 13.8 Å². The number of hydrogen-bond acceptors (Lipinski definition) is 8. The van der Waals surface area contributed by atoms with Gasteiger partial charge in [0.1, 0.15) is 18.1 Å². The van der Waals surface area contributed by atoms with Crippen molar-refractivity contribution in [3.63, 3.8) is 0 Å². The minimum atomic E-state index is -1.18. The number of ether oxygens (including phenoxy) is 1. The van der Waals surface area contributed by atoms with Crippen molar-refractivity contribution in [3.05, 3.63) is 35.9 Å². The number of Topliss-reactive ketones (excluding diaryl/α,β-unsaturated/α-hetero) is 1. The fourth-order valence-corrected chi connectivity index (χ4v) is 6.38. The van der Waals surface area contributed by atoms with Gasteiger partial charge in [0.15, 0.2) is 0 Å². The molecule has 0 bridgehead atoms. The van der Waals surface area contributed by atoms with Crippen LogP contribution in [0.15, 0.2) is 30.3 Å². The quantitative estimate of drug-likeness (QED) is 0.190. The van der Waals surface area contributed by atoms with Crippen LogP contribution < -0.4 is 21.3 Å². The zero-order chi connectivity index (χ0) is 36.8. The van der Waals surface area contributed by atoms with Gasteiger partial charge < -0.3 is 35.8 Å². The Morgan fingerprint density at radius 3 is 2.20 bits per heavy atom. The summed E-state index contributed by atoms with van der Waals surface area (Å²) in [5.74, 6) is -3.93. The highest BCUT2D eigenvalue weighted by atomic mass is 16.5. The van der Waals surface area contributed by atoms with Gasteiger partial charge in [0.2, 0.25) is 29.4 Å². The van der Waals surface area contributed by atoms with Crippen molar-refractivity contribution in [1.29, 1.82) is 0 Å². The zero-order valence-corrected chi connectivity index (χ0v) is 30.0. The number of benzene rings is 1. The number of ketones is 1. The van der Waals surface area contributed by atoms with Crippen LogP contribution in [-0.4, -0.2) is 103 Å². The number of likely N-dealkylation sites (tertiary alicyclic amines) is 1. The van der Waals surface area contributed by atoms with E-state index in [0.29, 0.717) is 31.4 Å². The van der Waals surface area contributed by atoms with Crippen LogP contribution in [0.2, 0.25) is 0 Å². The van der Waals surface area contributed by atoms with Gasteiger partial charge in [0, 0.05) is 20.6 Å². The smallest absolute Gasteiger partial charge is 0.407 e. The molecule has 3 rings (SSSR count). The number of hydrogen-bond donors (Lipinski definition) is 4. The summed E-state index contributed by atoms with van der Waals surface area (Å²) in [6.07, 6.45) is 5.34. The maximum absolute atomic E-state index is 14.0. The summed E-state index contributed by atoms with van der Waals surface area (Å²) in [4.78, 5) is 94.7. The Morgan fingerprint density at radius 1 is 0.900 bits per heavy atom. The van der Waals surface area contributed by atoms with Crippen molar-refractivity contribution in [2.45, 2.75) is 103 Å². The molecular weight excluding hydrogens is 644 g/mol. The highest BCUT2D eigenvalue weighted by Crippen LogP contribution is 2.29. The molecule has 14 nitrogen and oxygen atoms in total. The second-order valence-corrected chi connectivity index (χ2v) is 13.7. The molecule has 6 amide bonds. The lowest BCUT2D eigenvalue weighted by Crippen LogP contribution is -2.58. The molecule has 0 spiro atoms. The lowest BCUT2D eigenvalue weighted by molar-refractivity contribution is -0.143. The Bertz CT molecular complexity index is 1350. The molecular formula is C36H54N6O8. The van der Waals surface area contributed by atoms with Gasteiger partial charge in [0.05, 0.1) is 19.2 Å². The van der Waals surface area contributed by atoms with Gasteiger partial charge in [-0.2, -0.15) is 0 Å². The zero-order valence-electron chi connectivity index (χ0n) is 30.0. The molecule has 1 aromatic carbocycles. The summed E-state index contributed by atoms with van der Waals surface area (Å²) in [6, 6.07) is 4.74. The van der Waals surface area contributed by atoms with Crippen molar-refractivity contribution in [3.8, 4) is 0 Å².